The van der Waals surface area contributed by atoms with Crippen LogP contribution in [0.2, 0.25) is 0 Å². The van der Waals surface area contributed by atoms with E-state index in [1.165, 1.54) is 38.8 Å². The first-order valence-electron chi connectivity index (χ1n) is 6.54. The Morgan fingerprint density at radius 2 is 1.75 bits per heavy atom. The zero-order valence-corrected chi connectivity index (χ0v) is 11.4. The van der Waals surface area contributed by atoms with E-state index in [-0.39, 0.29) is 5.54 Å². The largest absolute Gasteiger partial charge is 0.383 e. The highest BCUT2D eigenvalue weighted by molar-refractivity contribution is 4.93. The van der Waals surface area contributed by atoms with E-state index < -0.39 is 0 Å². The molecule has 1 saturated heterocycles. The Morgan fingerprint density at radius 3 is 2.19 bits per heavy atom. The van der Waals surface area contributed by atoms with E-state index in [0.717, 1.165) is 6.61 Å². The zero-order chi connectivity index (χ0) is 12.0. The lowest BCUT2D eigenvalue weighted by atomic mass is 9.92. The predicted molar refractivity (Wildman–Crippen MR) is 68.8 cm³/mol. The van der Waals surface area contributed by atoms with Crippen molar-refractivity contribution in [2.24, 2.45) is 0 Å². The quantitative estimate of drug-likeness (QED) is 0.777. The number of hydrogen-bond donors (Lipinski definition) is 1. The van der Waals surface area contributed by atoms with Gasteiger partial charge in [-0.15, -0.1) is 0 Å². The van der Waals surface area contributed by atoms with Crippen LogP contribution < -0.4 is 5.32 Å². The summed E-state index contributed by atoms with van der Waals surface area (Å²) in [4.78, 5) is 2.63. The minimum atomic E-state index is 0.176. The summed E-state index contributed by atoms with van der Waals surface area (Å²) in [5, 5.41) is 3.39. The van der Waals surface area contributed by atoms with Crippen LogP contribution in [0.15, 0.2) is 0 Å². The lowest BCUT2D eigenvalue weighted by Gasteiger charge is -2.43. The molecule has 0 spiro atoms. The van der Waals surface area contributed by atoms with Crippen molar-refractivity contribution in [3.8, 4) is 0 Å². The third-order valence-electron chi connectivity index (χ3n) is 3.96. The smallest absolute Gasteiger partial charge is 0.0633 e. The van der Waals surface area contributed by atoms with E-state index in [1.54, 1.807) is 7.11 Å². The molecule has 3 nitrogen and oxygen atoms in total. The number of methoxy groups -OCH3 is 1. The lowest BCUT2D eigenvalue weighted by Crippen LogP contribution is -2.59. The predicted octanol–water partition coefficient (Wildman–Crippen LogP) is 1.88. The average molecular weight is 228 g/mol. The summed E-state index contributed by atoms with van der Waals surface area (Å²) in [5.74, 6) is 0. The molecule has 3 heteroatoms. The van der Waals surface area contributed by atoms with E-state index in [1.807, 2.05) is 7.05 Å². The first-order valence-corrected chi connectivity index (χ1v) is 6.54. The summed E-state index contributed by atoms with van der Waals surface area (Å²) >= 11 is 0. The molecule has 0 amide bonds. The van der Waals surface area contributed by atoms with Gasteiger partial charge in [-0.25, -0.2) is 0 Å². The van der Waals surface area contributed by atoms with Gasteiger partial charge in [-0.05, 0) is 46.8 Å². The average Bonchev–Trinajstić information content (AvgIpc) is 2.54. The maximum Gasteiger partial charge on any atom is 0.0633 e. The number of ether oxygens (including phenoxy) is 1. The summed E-state index contributed by atoms with van der Waals surface area (Å²) in [7, 11) is 3.81. The topological polar surface area (TPSA) is 24.5 Å². The van der Waals surface area contributed by atoms with E-state index in [9.17, 15) is 0 Å². The van der Waals surface area contributed by atoms with E-state index in [0.29, 0.717) is 6.04 Å². The van der Waals surface area contributed by atoms with Gasteiger partial charge in [-0.3, -0.25) is 4.90 Å². The van der Waals surface area contributed by atoms with Gasteiger partial charge in [0, 0.05) is 18.7 Å². The van der Waals surface area contributed by atoms with Crippen LogP contribution in [0.3, 0.4) is 0 Å². The van der Waals surface area contributed by atoms with Crippen molar-refractivity contribution < 1.29 is 4.74 Å². The first kappa shape index (κ1) is 13.9. The van der Waals surface area contributed by atoms with Gasteiger partial charge in [0.25, 0.3) is 0 Å². The minimum Gasteiger partial charge on any atom is -0.383 e. The van der Waals surface area contributed by atoms with Crippen LogP contribution in [-0.4, -0.2) is 50.3 Å². The molecule has 0 aliphatic carbocycles. The third kappa shape index (κ3) is 3.44. The number of likely N-dealkylation sites (tertiary alicyclic amines) is 1. The van der Waals surface area contributed by atoms with Gasteiger partial charge in [0.2, 0.25) is 0 Å². The van der Waals surface area contributed by atoms with Crippen molar-refractivity contribution in [3.63, 3.8) is 0 Å². The molecular formula is C13H28N2O. The molecule has 0 aromatic carbocycles. The standard InChI is InChI=1S/C13H28N2O/c1-13(2,12(14-3)11-16-4)15-9-7-5-6-8-10-15/h12,14H,5-11H2,1-4H3. The molecule has 1 aliphatic heterocycles. The van der Waals surface area contributed by atoms with E-state index >= 15 is 0 Å². The van der Waals surface area contributed by atoms with Gasteiger partial charge < -0.3 is 10.1 Å². The summed E-state index contributed by atoms with van der Waals surface area (Å²) in [6.07, 6.45) is 5.46. The Labute approximate surface area is 101 Å². The SMILES string of the molecule is CNC(COC)C(C)(C)N1CCCCCC1. The summed E-state index contributed by atoms with van der Waals surface area (Å²) < 4.78 is 5.31. The van der Waals surface area contributed by atoms with E-state index in [4.69, 9.17) is 4.74 Å². The summed E-state index contributed by atoms with van der Waals surface area (Å²) in [6.45, 7) is 7.90. The fraction of sp³-hybridized carbons (Fsp3) is 1.00. The number of likely N-dealkylation sites (N-methyl/N-ethyl adjacent to an activating group) is 1. The van der Waals surface area contributed by atoms with Crippen molar-refractivity contribution in [2.45, 2.75) is 51.1 Å². The molecule has 1 rings (SSSR count). The molecule has 0 aromatic rings. The fourth-order valence-corrected chi connectivity index (χ4v) is 2.67. The monoisotopic (exact) mass is 228 g/mol. The van der Waals surface area contributed by atoms with Crippen LogP contribution in [-0.2, 0) is 4.74 Å². The van der Waals surface area contributed by atoms with Crippen LogP contribution in [0.4, 0.5) is 0 Å². The molecule has 16 heavy (non-hydrogen) atoms. The van der Waals surface area contributed by atoms with Crippen molar-refractivity contribution in [2.75, 3.05) is 33.9 Å². The molecule has 1 aliphatic rings. The van der Waals surface area contributed by atoms with Gasteiger partial charge in [0.05, 0.1) is 6.61 Å². The molecule has 1 unspecified atom stereocenters. The number of nitrogens with one attached hydrogen (secondary N) is 1. The Hall–Kier alpha value is -0.120. The van der Waals surface area contributed by atoms with Gasteiger partial charge >= 0.3 is 0 Å². The molecule has 0 radical (unpaired) electrons. The summed E-state index contributed by atoms with van der Waals surface area (Å²) in [5.41, 5.74) is 0.176. The highest BCUT2D eigenvalue weighted by Gasteiger charge is 2.34. The van der Waals surface area contributed by atoms with Crippen LogP contribution in [0.5, 0.6) is 0 Å². The van der Waals surface area contributed by atoms with Crippen LogP contribution in [0.25, 0.3) is 0 Å². The Bertz CT molecular complexity index is 186. The Morgan fingerprint density at radius 1 is 1.19 bits per heavy atom. The molecular weight excluding hydrogens is 200 g/mol. The molecule has 0 saturated carbocycles. The third-order valence-corrected chi connectivity index (χ3v) is 3.96. The zero-order valence-electron chi connectivity index (χ0n) is 11.4. The fourth-order valence-electron chi connectivity index (χ4n) is 2.67. The van der Waals surface area contributed by atoms with Crippen molar-refractivity contribution in [3.05, 3.63) is 0 Å². The Balaban J connectivity index is 2.63. The highest BCUT2D eigenvalue weighted by Crippen LogP contribution is 2.23. The second-order valence-corrected chi connectivity index (χ2v) is 5.35. The molecule has 0 bridgehead atoms. The molecule has 0 aromatic heterocycles. The molecule has 1 N–H and O–H groups in total. The molecule has 96 valence electrons. The van der Waals surface area contributed by atoms with Gasteiger partial charge in [-0.1, -0.05) is 12.8 Å². The van der Waals surface area contributed by atoms with E-state index in [2.05, 4.69) is 24.1 Å². The number of hydrogen-bond acceptors (Lipinski definition) is 3. The lowest BCUT2D eigenvalue weighted by molar-refractivity contribution is 0.0452. The maximum absolute atomic E-state index is 5.31. The van der Waals surface area contributed by atoms with Crippen molar-refractivity contribution in [1.82, 2.24) is 10.2 Å². The first-order chi connectivity index (χ1) is 7.62. The van der Waals surface area contributed by atoms with Crippen molar-refractivity contribution in [1.29, 1.82) is 0 Å². The number of rotatable bonds is 5. The van der Waals surface area contributed by atoms with Gasteiger partial charge in [0.15, 0.2) is 0 Å². The Kier molecular flexibility index (Phi) is 5.73. The van der Waals surface area contributed by atoms with Crippen LogP contribution in [0, 0.1) is 0 Å². The van der Waals surface area contributed by atoms with Crippen molar-refractivity contribution >= 4 is 0 Å². The second-order valence-electron chi connectivity index (χ2n) is 5.35. The maximum atomic E-state index is 5.31. The highest BCUT2D eigenvalue weighted by atomic mass is 16.5. The minimum absolute atomic E-state index is 0.176. The summed E-state index contributed by atoms with van der Waals surface area (Å²) in [6, 6.07) is 0.399. The second kappa shape index (κ2) is 6.58. The normalized spacial score (nSPS) is 21.8. The molecule has 1 heterocycles. The van der Waals surface area contributed by atoms with Crippen LogP contribution >= 0.6 is 0 Å². The van der Waals surface area contributed by atoms with Gasteiger partial charge in [0.1, 0.15) is 0 Å². The molecule has 1 fully saturated rings. The number of nitrogens with zero attached hydrogens (tertiary/aromatic N) is 1. The molecule has 1 atom stereocenters. The van der Waals surface area contributed by atoms with Crippen LogP contribution in [0.1, 0.15) is 39.5 Å². The van der Waals surface area contributed by atoms with Gasteiger partial charge in [-0.2, -0.15) is 0 Å².